The first-order valence-electron chi connectivity index (χ1n) is 7.89. The van der Waals surface area contributed by atoms with Crippen LogP contribution in [0, 0.1) is 17.5 Å². The van der Waals surface area contributed by atoms with Gasteiger partial charge >= 0.3 is 0 Å². The van der Waals surface area contributed by atoms with Crippen molar-refractivity contribution >= 4 is 11.6 Å². The molecule has 1 amide bonds. The highest BCUT2D eigenvalue weighted by molar-refractivity contribution is 5.94. The van der Waals surface area contributed by atoms with Crippen LogP contribution in [0.5, 0.6) is 0 Å². The number of halogens is 3. The summed E-state index contributed by atoms with van der Waals surface area (Å²) in [7, 11) is 0. The Bertz CT molecular complexity index is 777. The van der Waals surface area contributed by atoms with Gasteiger partial charge < -0.3 is 15.0 Å². The third kappa shape index (κ3) is 3.93. The number of anilines is 1. The fourth-order valence-corrected chi connectivity index (χ4v) is 2.66. The van der Waals surface area contributed by atoms with E-state index in [9.17, 15) is 18.0 Å². The molecule has 0 unspecified atom stereocenters. The molecule has 0 radical (unpaired) electrons. The number of nitrogens with zero attached hydrogens (tertiary/aromatic N) is 1. The minimum absolute atomic E-state index is 0.148. The van der Waals surface area contributed by atoms with Gasteiger partial charge in [-0.1, -0.05) is 12.1 Å². The number of rotatable bonds is 4. The second-order valence-corrected chi connectivity index (χ2v) is 5.67. The molecule has 0 bridgehead atoms. The average Bonchev–Trinajstić information content (AvgIpc) is 2.65. The predicted octanol–water partition coefficient (Wildman–Crippen LogP) is 2.87. The van der Waals surface area contributed by atoms with Gasteiger partial charge in [0.2, 0.25) is 0 Å². The van der Waals surface area contributed by atoms with Gasteiger partial charge in [-0.3, -0.25) is 4.79 Å². The van der Waals surface area contributed by atoms with Gasteiger partial charge in [0.25, 0.3) is 5.91 Å². The quantitative estimate of drug-likeness (QED) is 0.862. The van der Waals surface area contributed by atoms with Crippen molar-refractivity contribution in [2.45, 2.75) is 6.54 Å². The molecule has 0 spiro atoms. The maximum absolute atomic E-state index is 13.7. The largest absolute Gasteiger partial charge is 0.378 e. The molecular formula is C18H17F3N2O2. The number of nitrogens with one attached hydrogen (secondary N) is 1. The minimum Gasteiger partial charge on any atom is -0.378 e. The van der Waals surface area contributed by atoms with Crippen molar-refractivity contribution in [3.63, 3.8) is 0 Å². The molecule has 0 saturated carbocycles. The van der Waals surface area contributed by atoms with Gasteiger partial charge in [-0.2, -0.15) is 0 Å². The first-order chi connectivity index (χ1) is 12.1. The third-order valence-electron chi connectivity index (χ3n) is 4.02. The fourth-order valence-electron chi connectivity index (χ4n) is 2.66. The zero-order valence-corrected chi connectivity index (χ0v) is 13.4. The molecule has 25 heavy (non-hydrogen) atoms. The van der Waals surface area contributed by atoms with Crippen molar-refractivity contribution < 1.29 is 22.7 Å². The van der Waals surface area contributed by atoms with Gasteiger partial charge in [0.05, 0.1) is 18.8 Å². The summed E-state index contributed by atoms with van der Waals surface area (Å²) in [6, 6.07) is 9.23. The molecule has 0 atom stereocenters. The van der Waals surface area contributed by atoms with Crippen LogP contribution >= 0.6 is 0 Å². The van der Waals surface area contributed by atoms with Gasteiger partial charge in [0.1, 0.15) is 0 Å². The van der Waals surface area contributed by atoms with Gasteiger partial charge in [-0.15, -0.1) is 0 Å². The summed E-state index contributed by atoms with van der Waals surface area (Å²) in [5, 5.41) is 2.52. The summed E-state index contributed by atoms with van der Waals surface area (Å²) in [6.45, 7) is 3.05. The Morgan fingerprint density at radius 3 is 2.60 bits per heavy atom. The van der Waals surface area contributed by atoms with E-state index in [0.717, 1.165) is 36.5 Å². The first-order valence-corrected chi connectivity index (χ1v) is 7.89. The summed E-state index contributed by atoms with van der Waals surface area (Å²) in [5.41, 5.74) is 1.30. The molecule has 1 aliphatic heterocycles. The van der Waals surface area contributed by atoms with Crippen LogP contribution in [-0.4, -0.2) is 32.2 Å². The van der Waals surface area contributed by atoms with Crippen LogP contribution in [0.1, 0.15) is 15.9 Å². The Morgan fingerprint density at radius 1 is 1.08 bits per heavy atom. The lowest BCUT2D eigenvalue weighted by Crippen LogP contribution is -2.36. The molecule has 4 nitrogen and oxygen atoms in total. The lowest BCUT2D eigenvalue weighted by molar-refractivity contribution is 0.0945. The highest BCUT2D eigenvalue weighted by atomic mass is 19.2. The second-order valence-electron chi connectivity index (χ2n) is 5.67. The molecular weight excluding hydrogens is 333 g/mol. The highest BCUT2D eigenvalue weighted by Gasteiger charge is 2.18. The fraction of sp³-hybridized carbons (Fsp3) is 0.278. The molecule has 1 aliphatic rings. The third-order valence-corrected chi connectivity index (χ3v) is 4.02. The number of morpholine rings is 1. The van der Waals surface area contributed by atoms with E-state index in [1.807, 2.05) is 24.3 Å². The van der Waals surface area contributed by atoms with Gasteiger partial charge in [0, 0.05) is 25.3 Å². The molecule has 0 aromatic heterocycles. The molecule has 0 aliphatic carbocycles. The predicted molar refractivity (Wildman–Crippen MR) is 87.0 cm³/mol. The van der Waals surface area contributed by atoms with Gasteiger partial charge in [-0.05, 0) is 29.8 Å². The Balaban J connectivity index is 1.67. The summed E-state index contributed by atoms with van der Waals surface area (Å²) >= 11 is 0. The number of benzene rings is 2. The summed E-state index contributed by atoms with van der Waals surface area (Å²) < 4.78 is 45.1. The Kier molecular flexibility index (Phi) is 5.23. The molecule has 1 N–H and O–H groups in total. The van der Waals surface area contributed by atoms with Crippen LogP contribution in [-0.2, 0) is 11.3 Å². The monoisotopic (exact) mass is 350 g/mol. The zero-order valence-electron chi connectivity index (χ0n) is 13.4. The number of carbonyl (C=O) groups excluding carboxylic acids is 1. The topological polar surface area (TPSA) is 41.6 Å². The van der Waals surface area contributed by atoms with Crippen LogP contribution in [0.2, 0.25) is 0 Å². The molecule has 7 heteroatoms. The van der Waals surface area contributed by atoms with Crippen molar-refractivity contribution in [1.82, 2.24) is 5.32 Å². The van der Waals surface area contributed by atoms with Crippen LogP contribution < -0.4 is 10.2 Å². The van der Waals surface area contributed by atoms with E-state index in [1.54, 1.807) is 0 Å². The Hall–Kier alpha value is -2.54. The number of amides is 1. The van der Waals surface area contributed by atoms with Crippen molar-refractivity contribution in [3.05, 3.63) is 65.0 Å². The molecule has 3 rings (SSSR count). The van der Waals surface area contributed by atoms with E-state index in [0.29, 0.717) is 13.2 Å². The highest BCUT2D eigenvalue weighted by Crippen LogP contribution is 2.18. The number of hydrogen-bond donors (Lipinski definition) is 1. The molecule has 1 saturated heterocycles. The van der Waals surface area contributed by atoms with E-state index >= 15 is 0 Å². The maximum Gasteiger partial charge on any atom is 0.254 e. The summed E-state index contributed by atoms with van der Waals surface area (Å²) in [5.74, 6) is -5.26. The van der Waals surface area contributed by atoms with Crippen molar-refractivity contribution in [3.8, 4) is 0 Å². The number of ether oxygens (including phenoxy) is 1. The van der Waals surface area contributed by atoms with E-state index < -0.39 is 28.9 Å². The van der Waals surface area contributed by atoms with E-state index in [2.05, 4.69) is 10.2 Å². The lowest BCUT2D eigenvalue weighted by Gasteiger charge is -2.29. The maximum atomic E-state index is 13.7. The van der Waals surface area contributed by atoms with Crippen LogP contribution in [0.15, 0.2) is 36.4 Å². The number of hydrogen-bond acceptors (Lipinski definition) is 3. The van der Waals surface area contributed by atoms with E-state index in [1.165, 1.54) is 0 Å². The van der Waals surface area contributed by atoms with E-state index in [4.69, 9.17) is 4.74 Å². The van der Waals surface area contributed by atoms with Crippen LogP contribution in [0.25, 0.3) is 0 Å². The first kappa shape index (κ1) is 17.3. The molecule has 2 aromatic rings. The van der Waals surface area contributed by atoms with Crippen molar-refractivity contribution in [1.29, 1.82) is 0 Å². The zero-order chi connectivity index (χ0) is 17.8. The SMILES string of the molecule is O=C(NCc1cccc(N2CCOCC2)c1)c1ccc(F)c(F)c1F. The molecule has 1 fully saturated rings. The normalized spacial score (nSPS) is 14.4. The molecule has 2 aromatic carbocycles. The second kappa shape index (κ2) is 7.57. The van der Waals surface area contributed by atoms with Crippen LogP contribution in [0.3, 0.4) is 0 Å². The summed E-state index contributed by atoms with van der Waals surface area (Å²) in [4.78, 5) is 14.2. The lowest BCUT2D eigenvalue weighted by atomic mass is 10.1. The van der Waals surface area contributed by atoms with Crippen LogP contribution in [0.4, 0.5) is 18.9 Å². The number of carbonyl (C=O) groups is 1. The smallest absolute Gasteiger partial charge is 0.254 e. The van der Waals surface area contributed by atoms with E-state index in [-0.39, 0.29) is 6.54 Å². The summed E-state index contributed by atoms with van der Waals surface area (Å²) in [6.07, 6.45) is 0. The average molecular weight is 350 g/mol. The Morgan fingerprint density at radius 2 is 1.84 bits per heavy atom. The van der Waals surface area contributed by atoms with Gasteiger partial charge in [-0.25, -0.2) is 13.2 Å². The molecule has 1 heterocycles. The minimum atomic E-state index is -1.65. The molecule has 132 valence electrons. The van der Waals surface area contributed by atoms with Crippen molar-refractivity contribution in [2.24, 2.45) is 0 Å². The Labute approximate surface area is 143 Å². The van der Waals surface area contributed by atoms with Crippen molar-refractivity contribution in [2.75, 3.05) is 31.2 Å². The standard InChI is InChI=1S/C18H17F3N2O2/c19-15-5-4-14(16(20)17(15)21)18(24)22-11-12-2-1-3-13(10-12)23-6-8-25-9-7-23/h1-5,10H,6-9,11H2,(H,22,24). The van der Waals surface area contributed by atoms with Gasteiger partial charge in [0.15, 0.2) is 17.5 Å².